The summed E-state index contributed by atoms with van der Waals surface area (Å²) >= 11 is 5.98. The zero-order valence-electron chi connectivity index (χ0n) is 16.5. The average Bonchev–Trinajstić information content (AvgIpc) is 2.78. The number of rotatable bonds is 5. The molecule has 7 heteroatoms. The summed E-state index contributed by atoms with van der Waals surface area (Å²) in [7, 11) is -2.47. The highest BCUT2D eigenvalue weighted by Gasteiger charge is 2.23. The first-order valence-electron chi connectivity index (χ1n) is 9.40. The van der Waals surface area contributed by atoms with Crippen LogP contribution < -0.4 is 9.04 Å². The SMILES string of the molecule is CN(c1cccc(Cl)c1)S(=O)(=O)c1cccc(C(=O)Oc2ccc3ccccc3c2)c1. The molecule has 0 radical (unpaired) electrons. The monoisotopic (exact) mass is 451 g/mol. The van der Waals surface area contributed by atoms with Crippen LogP contribution in [-0.4, -0.2) is 21.4 Å². The summed E-state index contributed by atoms with van der Waals surface area (Å²) in [6.45, 7) is 0. The van der Waals surface area contributed by atoms with Gasteiger partial charge in [0.1, 0.15) is 5.75 Å². The Kier molecular flexibility index (Phi) is 5.67. The molecule has 4 aromatic rings. The fraction of sp³-hybridized carbons (Fsp3) is 0.0417. The van der Waals surface area contributed by atoms with Crippen LogP contribution in [0.5, 0.6) is 5.75 Å². The molecule has 0 saturated carbocycles. The third-order valence-electron chi connectivity index (χ3n) is 4.83. The third kappa shape index (κ3) is 4.40. The normalized spacial score (nSPS) is 11.3. The minimum Gasteiger partial charge on any atom is -0.423 e. The Morgan fingerprint density at radius 3 is 2.35 bits per heavy atom. The minimum atomic E-state index is -3.90. The maximum Gasteiger partial charge on any atom is 0.343 e. The van der Waals surface area contributed by atoms with E-state index in [1.165, 1.54) is 31.3 Å². The predicted octanol–water partition coefficient (Wildman–Crippen LogP) is 5.54. The minimum absolute atomic E-state index is 0.0251. The number of carbonyl (C=O) groups excluding carboxylic acids is 1. The number of anilines is 1. The summed E-state index contributed by atoms with van der Waals surface area (Å²) in [5.74, 6) is -0.259. The van der Waals surface area contributed by atoms with Crippen LogP contribution in [0.2, 0.25) is 5.02 Å². The number of benzene rings is 4. The first-order chi connectivity index (χ1) is 14.8. The highest BCUT2D eigenvalue weighted by molar-refractivity contribution is 7.92. The number of ether oxygens (including phenoxy) is 1. The van der Waals surface area contributed by atoms with Gasteiger partial charge in [-0.15, -0.1) is 0 Å². The molecule has 0 aromatic heterocycles. The predicted molar refractivity (Wildman–Crippen MR) is 122 cm³/mol. The Morgan fingerprint density at radius 1 is 0.839 bits per heavy atom. The lowest BCUT2D eigenvalue weighted by Gasteiger charge is -2.20. The van der Waals surface area contributed by atoms with Gasteiger partial charge in [-0.2, -0.15) is 0 Å². The van der Waals surface area contributed by atoms with Crippen molar-refractivity contribution in [1.29, 1.82) is 0 Å². The summed E-state index contributed by atoms with van der Waals surface area (Å²) in [5, 5.41) is 2.39. The molecule has 0 saturated heterocycles. The van der Waals surface area contributed by atoms with Crippen LogP contribution >= 0.6 is 11.6 Å². The van der Waals surface area contributed by atoms with Crippen LogP contribution in [0.4, 0.5) is 5.69 Å². The van der Waals surface area contributed by atoms with Gasteiger partial charge in [-0.3, -0.25) is 4.31 Å². The summed E-state index contributed by atoms with van der Waals surface area (Å²) in [5.41, 5.74) is 0.547. The van der Waals surface area contributed by atoms with Gasteiger partial charge in [-0.25, -0.2) is 13.2 Å². The molecule has 0 aliphatic carbocycles. The third-order valence-corrected chi connectivity index (χ3v) is 6.85. The van der Waals surface area contributed by atoms with Gasteiger partial charge < -0.3 is 4.74 Å². The molecule has 4 aromatic carbocycles. The van der Waals surface area contributed by atoms with Gasteiger partial charge in [-0.05, 0) is 59.3 Å². The van der Waals surface area contributed by atoms with Gasteiger partial charge in [0.2, 0.25) is 0 Å². The van der Waals surface area contributed by atoms with Gasteiger partial charge in [0.05, 0.1) is 16.1 Å². The first-order valence-corrected chi connectivity index (χ1v) is 11.2. The second-order valence-electron chi connectivity index (χ2n) is 6.88. The molecule has 0 heterocycles. The molecule has 0 amide bonds. The molecule has 156 valence electrons. The fourth-order valence-electron chi connectivity index (χ4n) is 3.15. The van der Waals surface area contributed by atoms with Crippen molar-refractivity contribution in [2.24, 2.45) is 0 Å². The Hall–Kier alpha value is -3.35. The number of sulfonamides is 1. The Labute approximate surface area is 185 Å². The largest absolute Gasteiger partial charge is 0.423 e. The number of carbonyl (C=O) groups is 1. The quantitative estimate of drug-likeness (QED) is 0.295. The highest BCUT2D eigenvalue weighted by atomic mass is 35.5. The Morgan fingerprint density at radius 2 is 1.58 bits per heavy atom. The number of halogens is 1. The first kappa shape index (κ1) is 20.9. The summed E-state index contributed by atoms with van der Waals surface area (Å²) in [6, 6.07) is 25.3. The number of hydrogen-bond acceptors (Lipinski definition) is 4. The molecule has 4 rings (SSSR count). The van der Waals surface area contributed by atoms with Crippen molar-refractivity contribution in [2.45, 2.75) is 4.90 Å². The molecule has 31 heavy (non-hydrogen) atoms. The van der Waals surface area contributed by atoms with Crippen LogP contribution in [-0.2, 0) is 10.0 Å². The highest BCUT2D eigenvalue weighted by Crippen LogP contribution is 2.26. The zero-order chi connectivity index (χ0) is 22.0. The molecule has 0 aliphatic heterocycles. The van der Waals surface area contributed by atoms with Crippen LogP contribution in [0.3, 0.4) is 0 Å². The lowest BCUT2D eigenvalue weighted by atomic mass is 10.1. The lowest BCUT2D eigenvalue weighted by Crippen LogP contribution is -2.26. The van der Waals surface area contributed by atoms with E-state index >= 15 is 0 Å². The molecule has 0 bridgehead atoms. The Bertz CT molecular complexity index is 1390. The van der Waals surface area contributed by atoms with Crippen molar-refractivity contribution in [3.8, 4) is 5.75 Å². The molecular weight excluding hydrogens is 434 g/mol. The van der Waals surface area contributed by atoms with Crippen LogP contribution in [0.1, 0.15) is 10.4 Å². The average molecular weight is 452 g/mol. The Balaban J connectivity index is 1.60. The van der Waals surface area contributed by atoms with E-state index in [9.17, 15) is 13.2 Å². The molecular formula is C24H18ClNO4S. The summed E-state index contributed by atoms with van der Waals surface area (Å²) in [4.78, 5) is 12.6. The topological polar surface area (TPSA) is 63.7 Å². The van der Waals surface area contributed by atoms with E-state index in [1.807, 2.05) is 30.3 Å². The lowest BCUT2D eigenvalue weighted by molar-refractivity contribution is 0.0734. The number of hydrogen-bond donors (Lipinski definition) is 0. The van der Waals surface area contributed by atoms with Crippen molar-refractivity contribution in [3.05, 3.63) is 102 Å². The van der Waals surface area contributed by atoms with Crippen molar-refractivity contribution in [1.82, 2.24) is 0 Å². The van der Waals surface area contributed by atoms with E-state index in [-0.39, 0.29) is 10.5 Å². The molecule has 0 fully saturated rings. The van der Waals surface area contributed by atoms with Crippen molar-refractivity contribution in [3.63, 3.8) is 0 Å². The van der Waals surface area contributed by atoms with E-state index in [4.69, 9.17) is 16.3 Å². The second-order valence-corrected chi connectivity index (χ2v) is 9.28. The van der Waals surface area contributed by atoms with Crippen molar-refractivity contribution < 1.29 is 17.9 Å². The maximum atomic E-state index is 13.1. The van der Waals surface area contributed by atoms with Crippen molar-refractivity contribution in [2.75, 3.05) is 11.4 Å². The smallest absolute Gasteiger partial charge is 0.343 e. The van der Waals surface area contributed by atoms with Gasteiger partial charge >= 0.3 is 5.97 Å². The van der Waals surface area contributed by atoms with E-state index < -0.39 is 16.0 Å². The summed E-state index contributed by atoms with van der Waals surface area (Å²) in [6.07, 6.45) is 0. The van der Waals surface area contributed by atoms with Crippen LogP contribution in [0.15, 0.2) is 95.9 Å². The van der Waals surface area contributed by atoms with E-state index in [0.29, 0.717) is 16.5 Å². The summed E-state index contributed by atoms with van der Waals surface area (Å²) < 4.78 is 32.7. The van der Waals surface area contributed by atoms with Gasteiger partial charge in [-0.1, -0.05) is 54.1 Å². The van der Waals surface area contributed by atoms with Gasteiger partial charge in [0.25, 0.3) is 10.0 Å². The van der Waals surface area contributed by atoms with Crippen molar-refractivity contribution >= 4 is 44.1 Å². The molecule has 0 spiro atoms. The van der Waals surface area contributed by atoms with E-state index in [0.717, 1.165) is 15.1 Å². The number of esters is 1. The van der Waals surface area contributed by atoms with Crippen LogP contribution in [0.25, 0.3) is 10.8 Å². The maximum absolute atomic E-state index is 13.1. The molecule has 5 nitrogen and oxygen atoms in total. The van der Waals surface area contributed by atoms with Gasteiger partial charge in [0.15, 0.2) is 0 Å². The molecule has 0 N–H and O–H groups in total. The standard InChI is InChI=1S/C24H18ClNO4S/c1-26(21-10-5-9-20(25)16-21)31(28,29)23-11-4-8-19(15-23)24(27)30-22-13-12-17-6-2-3-7-18(17)14-22/h2-16H,1H3. The second kappa shape index (κ2) is 8.41. The van der Waals surface area contributed by atoms with E-state index in [1.54, 1.807) is 36.4 Å². The van der Waals surface area contributed by atoms with Gasteiger partial charge in [0, 0.05) is 12.1 Å². The van der Waals surface area contributed by atoms with E-state index in [2.05, 4.69) is 0 Å². The fourth-order valence-corrected chi connectivity index (χ4v) is 4.57. The zero-order valence-corrected chi connectivity index (χ0v) is 18.1. The molecule has 0 unspecified atom stereocenters. The number of fused-ring (bicyclic) bond motifs is 1. The van der Waals surface area contributed by atoms with Crippen LogP contribution in [0, 0.1) is 0 Å². The molecule has 0 atom stereocenters. The molecule has 0 aliphatic rings. The number of nitrogens with zero attached hydrogens (tertiary/aromatic N) is 1.